The number of benzene rings is 1. The van der Waals surface area contributed by atoms with Gasteiger partial charge in [0.15, 0.2) is 0 Å². The average molecular weight is 229 g/mol. The highest BCUT2D eigenvalue weighted by molar-refractivity contribution is 6.05. The molecule has 1 saturated heterocycles. The first-order chi connectivity index (χ1) is 8.18. The van der Waals surface area contributed by atoms with Gasteiger partial charge in [0.05, 0.1) is 6.04 Å². The molecular formula is C13H11NO3. The second-order valence-electron chi connectivity index (χ2n) is 4.32. The van der Waals surface area contributed by atoms with Crippen LogP contribution in [0.2, 0.25) is 0 Å². The number of fused-ring (bicyclic) bond motifs is 1. The fraction of sp³-hybridized carbons (Fsp3) is 0.231. The van der Waals surface area contributed by atoms with Crippen molar-refractivity contribution in [1.82, 2.24) is 4.90 Å². The van der Waals surface area contributed by atoms with E-state index >= 15 is 0 Å². The molecule has 0 saturated carbocycles. The average Bonchev–Trinajstić information content (AvgIpc) is 2.63. The molecule has 1 fully saturated rings. The molecule has 2 heterocycles. The molecule has 17 heavy (non-hydrogen) atoms. The van der Waals surface area contributed by atoms with Gasteiger partial charge in [-0.15, -0.1) is 0 Å². The van der Waals surface area contributed by atoms with E-state index in [0.29, 0.717) is 12.8 Å². The van der Waals surface area contributed by atoms with Crippen LogP contribution < -0.4 is 0 Å². The maximum Gasteiger partial charge on any atom is 0.352 e. The fourth-order valence-electron chi connectivity index (χ4n) is 2.56. The fourth-order valence-corrected chi connectivity index (χ4v) is 2.56. The zero-order valence-corrected chi connectivity index (χ0v) is 9.09. The number of rotatable bonds is 2. The Kier molecular flexibility index (Phi) is 2.04. The zero-order valence-electron chi connectivity index (χ0n) is 9.09. The quantitative estimate of drug-likeness (QED) is 0.781. The van der Waals surface area contributed by atoms with Crippen LogP contribution in [0.4, 0.5) is 0 Å². The molecule has 0 radical (unpaired) electrons. The number of carbonyl (C=O) groups excluding carboxylic acids is 1. The summed E-state index contributed by atoms with van der Waals surface area (Å²) >= 11 is 0. The van der Waals surface area contributed by atoms with Crippen molar-refractivity contribution in [3.8, 4) is 0 Å². The second kappa shape index (κ2) is 3.45. The van der Waals surface area contributed by atoms with Gasteiger partial charge < -0.3 is 10.0 Å². The summed E-state index contributed by atoms with van der Waals surface area (Å²) in [5.41, 5.74) is 1.83. The normalized spacial score (nSPS) is 22.5. The van der Waals surface area contributed by atoms with Gasteiger partial charge in [-0.2, -0.15) is 0 Å². The van der Waals surface area contributed by atoms with E-state index in [1.165, 1.54) is 4.90 Å². The molecule has 1 atom stereocenters. The van der Waals surface area contributed by atoms with Gasteiger partial charge in [-0.05, 0) is 17.6 Å². The SMILES string of the molecule is O=C(O)C1=C(c2ccccc2)C[C@@H]2CC(=O)N12. The van der Waals surface area contributed by atoms with Crippen LogP contribution in [-0.4, -0.2) is 27.9 Å². The lowest BCUT2D eigenvalue weighted by Crippen LogP contribution is -2.49. The molecule has 4 nitrogen and oxygen atoms in total. The Bertz CT molecular complexity index is 533. The van der Waals surface area contributed by atoms with Gasteiger partial charge >= 0.3 is 5.97 Å². The Hall–Kier alpha value is -2.10. The van der Waals surface area contributed by atoms with E-state index < -0.39 is 5.97 Å². The molecule has 1 amide bonds. The number of amides is 1. The van der Waals surface area contributed by atoms with Gasteiger partial charge in [0.1, 0.15) is 5.70 Å². The summed E-state index contributed by atoms with van der Waals surface area (Å²) in [5.74, 6) is -1.10. The number of hydrogen-bond donors (Lipinski definition) is 1. The summed E-state index contributed by atoms with van der Waals surface area (Å²) in [6.45, 7) is 0. The summed E-state index contributed by atoms with van der Waals surface area (Å²) in [6.07, 6.45) is 1.12. The van der Waals surface area contributed by atoms with Crippen molar-refractivity contribution in [2.75, 3.05) is 0 Å². The van der Waals surface area contributed by atoms with Crippen LogP contribution in [0.1, 0.15) is 18.4 Å². The maximum atomic E-state index is 11.4. The van der Waals surface area contributed by atoms with Crippen molar-refractivity contribution in [3.63, 3.8) is 0 Å². The lowest BCUT2D eigenvalue weighted by atomic mass is 9.97. The summed E-state index contributed by atoms with van der Waals surface area (Å²) in [6, 6.07) is 9.46. The molecule has 3 rings (SSSR count). The summed E-state index contributed by atoms with van der Waals surface area (Å²) in [7, 11) is 0. The number of carboxylic acids is 1. The molecule has 0 spiro atoms. The molecule has 1 N–H and O–H groups in total. The van der Waals surface area contributed by atoms with Gasteiger partial charge in [0.2, 0.25) is 5.91 Å². The third kappa shape index (κ3) is 1.37. The Balaban J connectivity index is 2.10. The summed E-state index contributed by atoms with van der Waals surface area (Å²) in [4.78, 5) is 24.1. The van der Waals surface area contributed by atoms with Crippen molar-refractivity contribution in [2.24, 2.45) is 0 Å². The van der Waals surface area contributed by atoms with E-state index in [1.54, 1.807) is 0 Å². The number of carboxylic acid groups (broad SMARTS) is 1. The Morgan fingerprint density at radius 1 is 1.24 bits per heavy atom. The third-order valence-corrected chi connectivity index (χ3v) is 3.34. The third-order valence-electron chi connectivity index (χ3n) is 3.34. The molecule has 1 aromatic carbocycles. The molecular weight excluding hydrogens is 218 g/mol. The minimum absolute atomic E-state index is 0.0591. The van der Waals surface area contributed by atoms with Crippen LogP contribution in [0.15, 0.2) is 36.0 Å². The van der Waals surface area contributed by atoms with Crippen molar-refractivity contribution >= 4 is 17.4 Å². The van der Waals surface area contributed by atoms with Gasteiger partial charge in [-0.3, -0.25) is 4.79 Å². The van der Waals surface area contributed by atoms with Crippen molar-refractivity contribution < 1.29 is 14.7 Å². The predicted molar refractivity (Wildman–Crippen MR) is 60.9 cm³/mol. The molecule has 0 bridgehead atoms. The van der Waals surface area contributed by atoms with E-state index in [1.807, 2.05) is 30.3 Å². The van der Waals surface area contributed by atoms with Gasteiger partial charge in [-0.1, -0.05) is 30.3 Å². The Morgan fingerprint density at radius 2 is 1.94 bits per heavy atom. The molecule has 2 aliphatic heterocycles. The van der Waals surface area contributed by atoms with Crippen LogP contribution >= 0.6 is 0 Å². The zero-order chi connectivity index (χ0) is 12.0. The highest BCUT2D eigenvalue weighted by Crippen LogP contribution is 2.42. The number of aliphatic carboxylic acids is 1. The molecule has 4 heteroatoms. The van der Waals surface area contributed by atoms with Crippen molar-refractivity contribution in [2.45, 2.75) is 18.9 Å². The first-order valence-electron chi connectivity index (χ1n) is 5.52. The van der Waals surface area contributed by atoms with Gasteiger partial charge in [0, 0.05) is 6.42 Å². The smallest absolute Gasteiger partial charge is 0.352 e. The van der Waals surface area contributed by atoms with Crippen LogP contribution in [0.3, 0.4) is 0 Å². The molecule has 0 unspecified atom stereocenters. The summed E-state index contributed by atoms with van der Waals surface area (Å²) < 4.78 is 0. The van der Waals surface area contributed by atoms with Crippen LogP contribution in [0, 0.1) is 0 Å². The van der Waals surface area contributed by atoms with E-state index in [4.69, 9.17) is 0 Å². The standard InChI is InChI=1S/C13H11NO3/c15-11-7-9-6-10(8-4-2-1-3-5-8)12(13(16)17)14(9)11/h1-5,9H,6-7H2,(H,16,17)/t9-/m1/s1. The maximum absolute atomic E-state index is 11.4. The minimum atomic E-state index is -1.01. The Morgan fingerprint density at radius 3 is 2.53 bits per heavy atom. The summed E-state index contributed by atoms with van der Waals surface area (Å²) in [5, 5.41) is 9.23. The van der Waals surface area contributed by atoms with Gasteiger partial charge in [0.25, 0.3) is 0 Å². The van der Waals surface area contributed by atoms with E-state index in [0.717, 1.165) is 11.1 Å². The first kappa shape index (κ1) is 10.1. The van der Waals surface area contributed by atoms with Crippen molar-refractivity contribution in [1.29, 1.82) is 0 Å². The molecule has 86 valence electrons. The number of nitrogens with zero attached hydrogens (tertiary/aromatic N) is 1. The second-order valence-corrected chi connectivity index (χ2v) is 4.32. The van der Waals surface area contributed by atoms with Gasteiger partial charge in [-0.25, -0.2) is 4.79 Å². The van der Waals surface area contributed by atoms with Crippen molar-refractivity contribution in [3.05, 3.63) is 41.6 Å². The van der Waals surface area contributed by atoms with E-state index in [9.17, 15) is 14.7 Å². The van der Waals surface area contributed by atoms with E-state index in [2.05, 4.69) is 0 Å². The Labute approximate surface area is 98.2 Å². The predicted octanol–water partition coefficient (Wildman–Crippen LogP) is 1.49. The molecule has 2 aliphatic rings. The van der Waals surface area contributed by atoms with E-state index in [-0.39, 0.29) is 17.6 Å². The molecule has 0 aromatic heterocycles. The number of hydrogen-bond acceptors (Lipinski definition) is 2. The topological polar surface area (TPSA) is 57.6 Å². The minimum Gasteiger partial charge on any atom is -0.477 e. The highest BCUT2D eigenvalue weighted by Gasteiger charge is 2.47. The first-order valence-corrected chi connectivity index (χ1v) is 5.52. The monoisotopic (exact) mass is 229 g/mol. The van der Waals surface area contributed by atoms with Crippen LogP contribution in [0.25, 0.3) is 5.57 Å². The number of β-lactam (4-membered cyclic amide) rings is 1. The van der Waals surface area contributed by atoms with Crippen LogP contribution in [-0.2, 0) is 9.59 Å². The largest absolute Gasteiger partial charge is 0.477 e. The highest BCUT2D eigenvalue weighted by atomic mass is 16.4. The number of carbonyl (C=O) groups is 2. The molecule has 0 aliphatic carbocycles. The lowest BCUT2D eigenvalue weighted by Gasteiger charge is -2.35. The lowest BCUT2D eigenvalue weighted by molar-refractivity contribution is -0.147. The van der Waals surface area contributed by atoms with Crippen LogP contribution in [0.5, 0.6) is 0 Å². The molecule has 1 aromatic rings.